The van der Waals surface area contributed by atoms with Crippen molar-refractivity contribution in [2.75, 3.05) is 30.4 Å². The smallest absolute Gasteiger partial charge is 0.334 e. The van der Waals surface area contributed by atoms with E-state index in [1.807, 2.05) is 0 Å². The molecule has 1 heterocycles. The normalized spacial score (nSPS) is 14.3. The van der Waals surface area contributed by atoms with Crippen LogP contribution in [0.4, 0.5) is 11.4 Å². The molecule has 1 aliphatic rings. The molecule has 9 nitrogen and oxygen atoms in total. The Morgan fingerprint density at radius 1 is 1.32 bits per heavy atom. The zero-order valence-corrected chi connectivity index (χ0v) is 13.7. The van der Waals surface area contributed by atoms with Gasteiger partial charge in [0.1, 0.15) is 6.54 Å². The van der Waals surface area contributed by atoms with Crippen LogP contribution >= 0.6 is 0 Å². The molecule has 1 aromatic rings. The summed E-state index contributed by atoms with van der Waals surface area (Å²) in [5.74, 6) is -2.32. The van der Waals surface area contributed by atoms with E-state index in [0.717, 1.165) is 0 Å². The van der Waals surface area contributed by atoms with Crippen LogP contribution in [0, 0.1) is 0 Å². The summed E-state index contributed by atoms with van der Waals surface area (Å²) in [5.41, 5.74) is 1.12. The molecule has 0 fully saturated rings. The minimum absolute atomic E-state index is 0.0990. The van der Waals surface area contributed by atoms with Crippen LogP contribution in [0.3, 0.4) is 0 Å². The van der Waals surface area contributed by atoms with E-state index in [1.165, 1.54) is 12.0 Å². The SMILES string of the molecule is COC(CNC(=O)CCC(=O)N1CC(=O)Nc2ccccc21)C(=O)O. The van der Waals surface area contributed by atoms with Crippen molar-refractivity contribution in [2.24, 2.45) is 0 Å². The van der Waals surface area contributed by atoms with Crippen LogP contribution in [0.15, 0.2) is 24.3 Å². The van der Waals surface area contributed by atoms with Gasteiger partial charge in [0.05, 0.1) is 17.9 Å². The maximum Gasteiger partial charge on any atom is 0.334 e. The first-order valence-corrected chi connectivity index (χ1v) is 7.64. The monoisotopic (exact) mass is 349 g/mol. The quantitative estimate of drug-likeness (QED) is 0.635. The van der Waals surface area contributed by atoms with Crippen LogP contribution in [-0.4, -0.2) is 55.1 Å². The first-order valence-electron chi connectivity index (χ1n) is 7.64. The highest BCUT2D eigenvalue weighted by Crippen LogP contribution is 2.29. The molecule has 0 radical (unpaired) electrons. The van der Waals surface area contributed by atoms with Crippen molar-refractivity contribution in [3.63, 3.8) is 0 Å². The largest absolute Gasteiger partial charge is 0.479 e. The maximum absolute atomic E-state index is 12.4. The highest BCUT2D eigenvalue weighted by molar-refractivity contribution is 6.10. The molecular formula is C16H19N3O6. The summed E-state index contributed by atoms with van der Waals surface area (Å²) in [7, 11) is 1.23. The van der Waals surface area contributed by atoms with Crippen LogP contribution in [0.2, 0.25) is 0 Å². The Kier molecular flexibility index (Phi) is 6.07. The summed E-state index contributed by atoms with van der Waals surface area (Å²) in [6, 6.07) is 6.90. The molecule has 134 valence electrons. The number of carbonyl (C=O) groups is 4. The molecule has 0 aliphatic carbocycles. The number of benzene rings is 1. The Labute approximate surface area is 143 Å². The molecule has 3 N–H and O–H groups in total. The summed E-state index contributed by atoms with van der Waals surface area (Å²) in [6.45, 7) is -0.296. The highest BCUT2D eigenvalue weighted by Gasteiger charge is 2.26. The Bertz CT molecular complexity index is 690. The molecule has 0 aromatic heterocycles. The first-order chi connectivity index (χ1) is 11.9. The lowest BCUT2D eigenvalue weighted by molar-refractivity contribution is -0.148. The summed E-state index contributed by atoms with van der Waals surface area (Å²) < 4.78 is 4.70. The predicted molar refractivity (Wildman–Crippen MR) is 88.1 cm³/mol. The lowest BCUT2D eigenvalue weighted by Gasteiger charge is -2.29. The number of nitrogens with zero attached hydrogens (tertiary/aromatic N) is 1. The fourth-order valence-electron chi connectivity index (χ4n) is 2.38. The number of ether oxygens (including phenoxy) is 1. The van der Waals surface area contributed by atoms with Gasteiger partial charge in [0.2, 0.25) is 17.7 Å². The second kappa shape index (κ2) is 8.25. The molecular weight excluding hydrogens is 330 g/mol. The van der Waals surface area contributed by atoms with E-state index in [2.05, 4.69) is 10.6 Å². The van der Waals surface area contributed by atoms with Crippen molar-refractivity contribution in [1.29, 1.82) is 0 Å². The molecule has 25 heavy (non-hydrogen) atoms. The highest BCUT2D eigenvalue weighted by atomic mass is 16.5. The number of hydrogen-bond acceptors (Lipinski definition) is 5. The van der Waals surface area contributed by atoms with Gasteiger partial charge < -0.3 is 25.4 Å². The number of carboxylic acid groups (broad SMARTS) is 1. The average molecular weight is 349 g/mol. The minimum atomic E-state index is -1.19. The van der Waals surface area contributed by atoms with Crippen molar-refractivity contribution >= 4 is 35.1 Å². The van der Waals surface area contributed by atoms with Gasteiger partial charge in [-0.15, -0.1) is 0 Å². The van der Waals surface area contributed by atoms with Gasteiger partial charge in [-0.1, -0.05) is 12.1 Å². The zero-order chi connectivity index (χ0) is 18.4. The predicted octanol–water partition coefficient (Wildman–Crippen LogP) is -0.0323. The third-order valence-corrected chi connectivity index (χ3v) is 3.68. The molecule has 0 saturated heterocycles. The third kappa shape index (κ3) is 4.77. The lowest BCUT2D eigenvalue weighted by Crippen LogP contribution is -2.43. The van der Waals surface area contributed by atoms with Crippen LogP contribution in [0.5, 0.6) is 0 Å². The fourth-order valence-corrected chi connectivity index (χ4v) is 2.38. The second-order valence-electron chi connectivity index (χ2n) is 5.41. The summed E-state index contributed by atoms with van der Waals surface area (Å²) in [6.07, 6.45) is -1.36. The average Bonchev–Trinajstić information content (AvgIpc) is 2.59. The van der Waals surface area contributed by atoms with Gasteiger partial charge in [0.15, 0.2) is 6.10 Å². The maximum atomic E-state index is 12.4. The lowest BCUT2D eigenvalue weighted by atomic mass is 10.1. The molecule has 1 aliphatic heterocycles. The third-order valence-electron chi connectivity index (χ3n) is 3.68. The Hall–Kier alpha value is -2.94. The second-order valence-corrected chi connectivity index (χ2v) is 5.41. The molecule has 2 rings (SSSR count). The van der Waals surface area contributed by atoms with E-state index < -0.39 is 18.0 Å². The topological polar surface area (TPSA) is 125 Å². The molecule has 3 amide bonds. The Morgan fingerprint density at radius 3 is 2.72 bits per heavy atom. The number of anilines is 2. The molecule has 0 saturated carbocycles. The van der Waals surface area contributed by atoms with E-state index in [4.69, 9.17) is 9.84 Å². The summed E-state index contributed by atoms with van der Waals surface area (Å²) in [5, 5.41) is 13.9. The van der Waals surface area contributed by atoms with Gasteiger partial charge in [-0.25, -0.2) is 4.79 Å². The Morgan fingerprint density at radius 2 is 2.04 bits per heavy atom. The number of carbonyl (C=O) groups excluding carboxylic acids is 3. The molecule has 1 aromatic carbocycles. The number of carboxylic acids is 1. The van der Waals surface area contributed by atoms with E-state index in [9.17, 15) is 19.2 Å². The van der Waals surface area contributed by atoms with Crippen molar-refractivity contribution < 1.29 is 29.0 Å². The molecule has 1 unspecified atom stereocenters. The van der Waals surface area contributed by atoms with Gasteiger partial charge in [0, 0.05) is 20.0 Å². The van der Waals surface area contributed by atoms with Gasteiger partial charge in [-0.05, 0) is 12.1 Å². The zero-order valence-electron chi connectivity index (χ0n) is 13.7. The van der Waals surface area contributed by atoms with Crippen molar-refractivity contribution in [2.45, 2.75) is 18.9 Å². The van der Waals surface area contributed by atoms with Crippen molar-refractivity contribution in [3.05, 3.63) is 24.3 Å². The summed E-state index contributed by atoms with van der Waals surface area (Å²) >= 11 is 0. The van der Waals surface area contributed by atoms with E-state index in [0.29, 0.717) is 11.4 Å². The number of rotatable bonds is 7. The van der Waals surface area contributed by atoms with Crippen LogP contribution < -0.4 is 15.5 Å². The number of amides is 3. The number of nitrogens with one attached hydrogen (secondary N) is 2. The van der Waals surface area contributed by atoms with E-state index in [-0.39, 0.29) is 37.7 Å². The van der Waals surface area contributed by atoms with E-state index >= 15 is 0 Å². The number of hydrogen-bond donors (Lipinski definition) is 3. The Balaban J connectivity index is 1.89. The van der Waals surface area contributed by atoms with Crippen LogP contribution in [0.25, 0.3) is 0 Å². The molecule has 9 heteroatoms. The number of para-hydroxylation sites is 2. The fraction of sp³-hybridized carbons (Fsp3) is 0.375. The van der Waals surface area contributed by atoms with Gasteiger partial charge >= 0.3 is 5.97 Å². The number of fused-ring (bicyclic) bond motifs is 1. The minimum Gasteiger partial charge on any atom is -0.479 e. The molecule has 0 spiro atoms. The number of aliphatic carboxylic acids is 1. The van der Waals surface area contributed by atoms with Crippen molar-refractivity contribution in [3.8, 4) is 0 Å². The van der Waals surface area contributed by atoms with Gasteiger partial charge in [-0.2, -0.15) is 0 Å². The van der Waals surface area contributed by atoms with Gasteiger partial charge in [0.25, 0.3) is 0 Å². The van der Waals surface area contributed by atoms with Crippen LogP contribution in [-0.2, 0) is 23.9 Å². The number of methoxy groups -OCH3 is 1. The molecule has 1 atom stereocenters. The van der Waals surface area contributed by atoms with Gasteiger partial charge in [-0.3, -0.25) is 14.4 Å². The molecule has 0 bridgehead atoms. The summed E-state index contributed by atoms with van der Waals surface area (Å²) in [4.78, 5) is 48.0. The van der Waals surface area contributed by atoms with Crippen LogP contribution in [0.1, 0.15) is 12.8 Å². The first kappa shape index (κ1) is 18.4. The van der Waals surface area contributed by atoms with E-state index in [1.54, 1.807) is 24.3 Å². The van der Waals surface area contributed by atoms with Crippen molar-refractivity contribution in [1.82, 2.24) is 5.32 Å². The standard InChI is InChI=1S/C16H19N3O6/c1-25-12(16(23)24)8-17-13(20)6-7-15(22)19-9-14(21)18-10-4-2-3-5-11(10)19/h2-5,12H,6-9H2,1H3,(H,17,20)(H,18,21)(H,23,24).